The van der Waals surface area contributed by atoms with Crippen LogP contribution in [0, 0.1) is 5.82 Å². The van der Waals surface area contributed by atoms with Crippen LogP contribution in [-0.2, 0) is 6.54 Å². The van der Waals surface area contributed by atoms with Crippen LogP contribution in [-0.4, -0.2) is 22.7 Å². The molecule has 1 amide bonds. The van der Waals surface area contributed by atoms with Gasteiger partial charge < -0.3 is 4.74 Å². The van der Waals surface area contributed by atoms with Crippen LogP contribution in [0.25, 0.3) is 10.9 Å². The van der Waals surface area contributed by atoms with Gasteiger partial charge in [-0.3, -0.25) is 14.9 Å². The molecule has 1 aromatic heterocycles. The number of nitrogens with one attached hydrogen (secondary N) is 1. The molecule has 0 radical (unpaired) electrons. The van der Waals surface area contributed by atoms with Gasteiger partial charge in [0.25, 0.3) is 0 Å². The van der Waals surface area contributed by atoms with Crippen molar-refractivity contribution in [3.05, 3.63) is 92.4 Å². The SMILES string of the molecule is COc1ccc2c(c1)c(=O)n(OC(=O)Nc1c(Cl)cccc1Cl)n2Cc1ccc(F)cc1. The second-order valence-electron chi connectivity index (χ2n) is 6.75. The topological polar surface area (TPSA) is 74.5 Å². The molecule has 0 aliphatic heterocycles. The Morgan fingerprint density at radius 1 is 1.06 bits per heavy atom. The fraction of sp³-hybridized carbons (Fsp3) is 0.0909. The average Bonchev–Trinajstić information content (AvgIpc) is 3.03. The van der Waals surface area contributed by atoms with Crippen molar-refractivity contribution in [2.24, 2.45) is 0 Å². The zero-order valence-electron chi connectivity index (χ0n) is 16.6. The predicted molar refractivity (Wildman–Crippen MR) is 120 cm³/mol. The normalized spacial score (nSPS) is 10.9. The first-order valence-electron chi connectivity index (χ1n) is 9.34. The minimum absolute atomic E-state index is 0.130. The number of carbonyl (C=O) groups is 1. The molecule has 1 N–H and O–H groups in total. The van der Waals surface area contributed by atoms with Gasteiger partial charge in [0.2, 0.25) is 0 Å². The summed E-state index contributed by atoms with van der Waals surface area (Å²) in [5, 5.41) is 3.13. The Hall–Kier alpha value is -3.49. The molecule has 32 heavy (non-hydrogen) atoms. The lowest BCUT2D eigenvalue weighted by molar-refractivity contribution is 0.106. The third-order valence-corrected chi connectivity index (χ3v) is 5.34. The highest BCUT2D eigenvalue weighted by Gasteiger charge is 2.19. The van der Waals surface area contributed by atoms with Crippen LogP contribution in [0.3, 0.4) is 0 Å². The monoisotopic (exact) mass is 475 g/mol. The summed E-state index contributed by atoms with van der Waals surface area (Å²) in [5.41, 5.74) is 0.743. The number of anilines is 1. The molecule has 3 aromatic carbocycles. The summed E-state index contributed by atoms with van der Waals surface area (Å²) < 4.78 is 20.0. The lowest BCUT2D eigenvalue weighted by atomic mass is 10.2. The van der Waals surface area contributed by atoms with Crippen LogP contribution < -0.4 is 20.5 Å². The summed E-state index contributed by atoms with van der Waals surface area (Å²) in [6.45, 7) is 0.130. The predicted octanol–water partition coefficient (Wildman–Crippen LogP) is 4.97. The number of hydrogen-bond acceptors (Lipinski definition) is 4. The summed E-state index contributed by atoms with van der Waals surface area (Å²) in [4.78, 5) is 31.8. The maximum Gasteiger partial charge on any atom is 0.437 e. The first-order valence-corrected chi connectivity index (χ1v) is 10.1. The Bertz CT molecular complexity index is 1350. The molecule has 4 rings (SSSR count). The molecule has 0 aliphatic carbocycles. The number of aromatic nitrogens is 2. The molecule has 164 valence electrons. The van der Waals surface area contributed by atoms with E-state index in [0.717, 1.165) is 4.85 Å². The quantitative estimate of drug-likeness (QED) is 0.442. The Balaban J connectivity index is 1.75. The molecule has 0 saturated heterocycles. The third kappa shape index (κ3) is 4.28. The van der Waals surface area contributed by atoms with Crippen LogP contribution in [0.1, 0.15) is 5.56 Å². The van der Waals surface area contributed by atoms with Gasteiger partial charge in [-0.1, -0.05) is 46.2 Å². The molecular weight excluding hydrogens is 460 g/mol. The Morgan fingerprint density at radius 2 is 1.75 bits per heavy atom. The minimum atomic E-state index is -0.975. The number of carbonyl (C=O) groups excluding carboxylic acids is 1. The van der Waals surface area contributed by atoms with E-state index in [1.165, 1.54) is 23.9 Å². The molecular formula is C22H16Cl2FN3O4. The Kier molecular flexibility index (Phi) is 6.07. The van der Waals surface area contributed by atoms with Crippen LogP contribution in [0.2, 0.25) is 10.0 Å². The number of rotatable bonds is 5. The van der Waals surface area contributed by atoms with Gasteiger partial charge in [-0.15, -0.1) is 0 Å². The van der Waals surface area contributed by atoms with Crippen molar-refractivity contribution in [2.75, 3.05) is 12.4 Å². The van der Waals surface area contributed by atoms with E-state index in [9.17, 15) is 14.0 Å². The number of benzene rings is 3. The van der Waals surface area contributed by atoms with E-state index >= 15 is 0 Å². The van der Waals surface area contributed by atoms with Gasteiger partial charge in [-0.25, -0.2) is 13.9 Å². The summed E-state index contributed by atoms with van der Waals surface area (Å²) in [5.74, 6) is 0.0773. The molecule has 0 aliphatic rings. The second kappa shape index (κ2) is 8.94. The maximum atomic E-state index is 13.3. The van der Waals surface area contributed by atoms with Gasteiger partial charge in [-0.05, 0) is 48.0 Å². The number of methoxy groups -OCH3 is 1. The average molecular weight is 476 g/mol. The number of nitrogens with zero attached hydrogens (tertiary/aromatic N) is 2. The van der Waals surface area contributed by atoms with Crippen molar-refractivity contribution in [3.8, 4) is 5.75 Å². The number of halogens is 3. The van der Waals surface area contributed by atoms with Crippen molar-refractivity contribution in [1.82, 2.24) is 9.53 Å². The van der Waals surface area contributed by atoms with Gasteiger partial charge in [0.1, 0.15) is 11.6 Å². The van der Waals surface area contributed by atoms with Crippen LogP contribution in [0.5, 0.6) is 5.75 Å². The van der Waals surface area contributed by atoms with Crippen LogP contribution in [0.4, 0.5) is 14.9 Å². The van der Waals surface area contributed by atoms with Crippen molar-refractivity contribution in [1.29, 1.82) is 0 Å². The summed E-state index contributed by atoms with van der Waals surface area (Å²) in [6, 6.07) is 15.4. The molecule has 0 saturated carbocycles. The van der Waals surface area contributed by atoms with Crippen LogP contribution >= 0.6 is 23.2 Å². The van der Waals surface area contributed by atoms with Gasteiger partial charge in [0.15, 0.2) is 0 Å². The fourth-order valence-corrected chi connectivity index (χ4v) is 3.66. The summed E-state index contributed by atoms with van der Waals surface area (Å²) in [7, 11) is 1.48. The van der Waals surface area contributed by atoms with Gasteiger partial charge in [-0.2, -0.15) is 0 Å². The molecule has 4 aromatic rings. The van der Waals surface area contributed by atoms with Gasteiger partial charge >= 0.3 is 11.7 Å². The number of para-hydroxylation sites is 1. The highest BCUT2D eigenvalue weighted by atomic mass is 35.5. The smallest absolute Gasteiger partial charge is 0.437 e. The molecule has 0 bridgehead atoms. The van der Waals surface area contributed by atoms with E-state index in [0.29, 0.717) is 16.8 Å². The molecule has 0 spiro atoms. The molecule has 1 heterocycles. The van der Waals surface area contributed by atoms with E-state index in [1.807, 2.05) is 0 Å². The van der Waals surface area contributed by atoms with Crippen molar-refractivity contribution in [3.63, 3.8) is 0 Å². The number of fused-ring (bicyclic) bond motifs is 1. The molecule has 0 fully saturated rings. The van der Waals surface area contributed by atoms with Crippen molar-refractivity contribution >= 4 is 45.9 Å². The van der Waals surface area contributed by atoms with E-state index in [1.54, 1.807) is 48.5 Å². The standard InChI is InChI=1S/C22H16Cl2FN3O4/c1-31-15-9-10-19-16(11-15)21(29)28(27(19)12-13-5-7-14(25)8-6-13)32-22(30)26-20-17(23)3-2-4-18(20)24/h2-11H,12H2,1H3,(H,26,30). The Labute approximate surface area is 191 Å². The molecule has 0 unspecified atom stereocenters. The molecule has 7 nitrogen and oxygen atoms in total. The van der Waals surface area contributed by atoms with Gasteiger partial charge in [0, 0.05) is 0 Å². The third-order valence-electron chi connectivity index (χ3n) is 4.71. The second-order valence-corrected chi connectivity index (χ2v) is 7.56. The highest BCUT2D eigenvalue weighted by Crippen LogP contribution is 2.29. The zero-order chi connectivity index (χ0) is 22.8. The number of amides is 1. The Morgan fingerprint density at radius 3 is 2.41 bits per heavy atom. The number of hydrogen-bond donors (Lipinski definition) is 1. The first kappa shape index (κ1) is 21.7. The minimum Gasteiger partial charge on any atom is -0.497 e. The van der Waals surface area contributed by atoms with E-state index in [2.05, 4.69) is 5.32 Å². The fourth-order valence-electron chi connectivity index (χ4n) is 3.17. The van der Waals surface area contributed by atoms with Gasteiger partial charge in [0.05, 0.1) is 40.3 Å². The highest BCUT2D eigenvalue weighted by molar-refractivity contribution is 6.39. The number of ether oxygens (including phenoxy) is 1. The van der Waals surface area contributed by atoms with E-state index in [-0.39, 0.29) is 33.5 Å². The summed E-state index contributed by atoms with van der Waals surface area (Å²) >= 11 is 12.2. The van der Waals surface area contributed by atoms with Crippen molar-refractivity contribution < 1.29 is 18.8 Å². The van der Waals surface area contributed by atoms with E-state index < -0.39 is 11.7 Å². The van der Waals surface area contributed by atoms with Crippen molar-refractivity contribution in [2.45, 2.75) is 6.54 Å². The first-order chi connectivity index (χ1) is 15.4. The van der Waals surface area contributed by atoms with Crippen LogP contribution in [0.15, 0.2) is 65.5 Å². The lowest BCUT2D eigenvalue weighted by Gasteiger charge is -2.13. The molecule has 0 atom stereocenters. The lowest BCUT2D eigenvalue weighted by Crippen LogP contribution is -2.36. The largest absolute Gasteiger partial charge is 0.497 e. The summed E-state index contributed by atoms with van der Waals surface area (Å²) in [6.07, 6.45) is -0.975. The maximum absolute atomic E-state index is 13.3. The van der Waals surface area contributed by atoms with E-state index in [4.69, 9.17) is 32.8 Å². The zero-order valence-corrected chi connectivity index (χ0v) is 18.2. The molecule has 10 heteroatoms.